The van der Waals surface area contributed by atoms with Crippen LogP contribution in [0.1, 0.15) is 40.3 Å². The van der Waals surface area contributed by atoms with Gasteiger partial charge in [-0.1, -0.05) is 29.8 Å². The molecule has 7 heteroatoms. The first-order valence-corrected chi connectivity index (χ1v) is 9.46. The van der Waals surface area contributed by atoms with Gasteiger partial charge in [0.2, 0.25) is 18.0 Å². The van der Waals surface area contributed by atoms with Gasteiger partial charge in [0, 0.05) is 29.9 Å². The number of hydrogen-bond acceptors (Lipinski definition) is 5. The number of amides is 2. The van der Waals surface area contributed by atoms with Crippen LogP contribution in [0, 0.1) is 6.92 Å². The largest absolute Gasteiger partial charge is 0.444 e. The molecule has 0 radical (unpaired) electrons. The summed E-state index contributed by atoms with van der Waals surface area (Å²) < 4.78 is 5.95. The van der Waals surface area contributed by atoms with E-state index >= 15 is 0 Å². The summed E-state index contributed by atoms with van der Waals surface area (Å²) >= 11 is 0. The van der Waals surface area contributed by atoms with Gasteiger partial charge in [-0.3, -0.25) is 14.6 Å². The van der Waals surface area contributed by atoms with Crippen molar-refractivity contribution in [3.63, 3.8) is 0 Å². The summed E-state index contributed by atoms with van der Waals surface area (Å²) in [5.74, 6) is -0.185. The van der Waals surface area contributed by atoms with Crippen LogP contribution in [0.25, 0.3) is 0 Å². The first-order chi connectivity index (χ1) is 14.5. The molecule has 30 heavy (non-hydrogen) atoms. The molecule has 150 valence electrons. The smallest absolute Gasteiger partial charge is 0.255 e. The van der Waals surface area contributed by atoms with Crippen LogP contribution in [0.2, 0.25) is 0 Å². The number of hydrogen-bond donors (Lipinski definition) is 1. The highest BCUT2D eigenvalue weighted by atomic mass is 16.5. The number of pyridine rings is 1. The van der Waals surface area contributed by atoms with Crippen molar-refractivity contribution in [3.05, 3.63) is 95.3 Å². The fraction of sp³-hybridized carbons (Fsp3) is 0.130. The zero-order valence-corrected chi connectivity index (χ0v) is 16.6. The number of nitrogens with zero attached hydrogens (tertiary/aromatic N) is 3. The molecule has 1 aromatic heterocycles. The second-order valence-corrected chi connectivity index (χ2v) is 6.89. The Labute approximate surface area is 174 Å². The van der Waals surface area contributed by atoms with Gasteiger partial charge in [-0.05, 0) is 49.4 Å². The van der Waals surface area contributed by atoms with Crippen LogP contribution >= 0.6 is 0 Å². The summed E-state index contributed by atoms with van der Waals surface area (Å²) in [5.41, 5.74) is 3.47. The lowest BCUT2D eigenvalue weighted by atomic mass is 10.1. The van der Waals surface area contributed by atoms with E-state index in [0.717, 1.165) is 5.56 Å². The fourth-order valence-electron chi connectivity index (χ4n) is 3.04. The number of ether oxygens (including phenoxy) is 1. The minimum Gasteiger partial charge on any atom is -0.444 e. The van der Waals surface area contributed by atoms with Crippen molar-refractivity contribution in [1.82, 2.24) is 9.99 Å². The van der Waals surface area contributed by atoms with Crippen LogP contribution < -0.4 is 5.32 Å². The molecule has 0 fully saturated rings. The third-order valence-corrected chi connectivity index (χ3v) is 4.59. The predicted molar refractivity (Wildman–Crippen MR) is 113 cm³/mol. The number of aryl methyl sites for hydroxylation is 1. The summed E-state index contributed by atoms with van der Waals surface area (Å²) in [7, 11) is 0. The van der Waals surface area contributed by atoms with Crippen LogP contribution in [0.4, 0.5) is 5.69 Å². The summed E-state index contributed by atoms with van der Waals surface area (Å²) in [5, 5.41) is 8.46. The lowest BCUT2D eigenvalue weighted by Crippen LogP contribution is -2.25. The van der Waals surface area contributed by atoms with E-state index in [1.807, 2.05) is 25.1 Å². The van der Waals surface area contributed by atoms with E-state index in [2.05, 4.69) is 15.4 Å². The van der Waals surface area contributed by atoms with E-state index in [1.54, 1.807) is 54.7 Å². The molecule has 2 amide bonds. The van der Waals surface area contributed by atoms with Gasteiger partial charge in [-0.15, -0.1) is 5.10 Å². The first-order valence-electron chi connectivity index (χ1n) is 9.46. The van der Waals surface area contributed by atoms with Gasteiger partial charge in [-0.2, -0.15) is 5.01 Å². The second kappa shape index (κ2) is 8.16. The van der Waals surface area contributed by atoms with Crippen LogP contribution in [0.3, 0.4) is 0 Å². The molecule has 0 saturated carbocycles. The van der Waals surface area contributed by atoms with Crippen LogP contribution in [-0.4, -0.2) is 27.7 Å². The number of benzene rings is 2. The number of carbonyl (C=O) groups excluding carboxylic acids is 2. The highest BCUT2D eigenvalue weighted by Gasteiger charge is 2.34. The van der Waals surface area contributed by atoms with E-state index < -0.39 is 6.23 Å². The van der Waals surface area contributed by atoms with Crippen molar-refractivity contribution in [2.24, 2.45) is 5.10 Å². The summed E-state index contributed by atoms with van der Waals surface area (Å²) in [6.07, 6.45) is 0.903. The Bertz CT molecular complexity index is 1110. The molecule has 2 aromatic carbocycles. The van der Waals surface area contributed by atoms with Gasteiger partial charge < -0.3 is 10.1 Å². The predicted octanol–water partition coefficient (Wildman–Crippen LogP) is 3.88. The Morgan fingerprint density at radius 1 is 1.03 bits per heavy atom. The highest BCUT2D eigenvalue weighted by molar-refractivity contribution is 6.05. The molecule has 0 unspecified atom stereocenters. The number of anilines is 1. The molecule has 7 nitrogen and oxygen atoms in total. The van der Waals surface area contributed by atoms with Gasteiger partial charge in [0.1, 0.15) is 5.69 Å². The lowest BCUT2D eigenvalue weighted by Gasteiger charge is -2.18. The van der Waals surface area contributed by atoms with Crippen molar-refractivity contribution >= 4 is 23.4 Å². The summed E-state index contributed by atoms with van der Waals surface area (Å²) in [6.45, 7) is 3.39. The molecule has 1 N–H and O–H groups in total. The monoisotopic (exact) mass is 400 g/mol. The molecule has 3 aromatic rings. The minimum absolute atomic E-state index is 0.210. The molecule has 4 rings (SSSR count). The van der Waals surface area contributed by atoms with E-state index in [-0.39, 0.29) is 17.7 Å². The molecule has 0 spiro atoms. The maximum atomic E-state index is 12.5. The van der Waals surface area contributed by atoms with Crippen molar-refractivity contribution in [1.29, 1.82) is 0 Å². The topological polar surface area (TPSA) is 83.9 Å². The average molecular weight is 400 g/mol. The molecular weight excluding hydrogens is 380 g/mol. The second-order valence-electron chi connectivity index (χ2n) is 6.89. The molecule has 1 aliphatic heterocycles. The van der Waals surface area contributed by atoms with Gasteiger partial charge in [0.15, 0.2) is 0 Å². The number of nitrogens with one attached hydrogen (secondary N) is 1. The normalized spacial score (nSPS) is 15.3. The molecule has 0 saturated heterocycles. The van der Waals surface area contributed by atoms with Crippen LogP contribution in [0.15, 0.2) is 78.0 Å². The Hall–Kier alpha value is -4.00. The quantitative estimate of drug-likeness (QED) is 0.720. The van der Waals surface area contributed by atoms with E-state index in [1.165, 1.54) is 11.9 Å². The van der Waals surface area contributed by atoms with Gasteiger partial charge in [0.05, 0.1) is 0 Å². The van der Waals surface area contributed by atoms with E-state index in [4.69, 9.17) is 4.74 Å². The molecule has 2 heterocycles. The maximum absolute atomic E-state index is 12.5. The lowest BCUT2D eigenvalue weighted by molar-refractivity contribution is -0.135. The van der Waals surface area contributed by atoms with Crippen molar-refractivity contribution in [2.45, 2.75) is 20.1 Å². The van der Waals surface area contributed by atoms with E-state index in [9.17, 15) is 9.59 Å². The van der Waals surface area contributed by atoms with Crippen LogP contribution in [-0.2, 0) is 9.53 Å². The Kier molecular flexibility index (Phi) is 5.26. The summed E-state index contributed by atoms with van der Waals surface area (Å²) in [6, 6.07) is 19.9. The van der Waals surface area contributed by atoms with Crippen molar-refractivity contribution < 1.29 is 14.3 Å². The zero-order valence-electron chi connectivity index (χ0n) is 16.6. The van der Waals surface area contributed by atoms with Crippen molar-refractivity contribution in [2.75, 3.05) is 5.32 Å². The van der Waals surface area contributed by atoms with Gasteiger partial charge in [0.25, 0.3) is 5.91 Å². The Balaban J connectivity index is 1.56. The number of hydrazone groups is 1. The van der Waals surface area contributed by atoms with E-state index in [0.29, 0.717) is 22.5 Å². The zero-order chi connectivity index (χ0) is 21.1. The van der Waals surface area contributed by atoms with Crippen molar-refractivity contribution in [3.8, 4) is 0 Å². The third kappa shape index (κ3) is 4.05. The first kappa shape index (κ1) is 19.3. The minimum atomic E-state index is -0.732. The maximum Gasteiger partial charge on any atom is 0.255 e. The SMILES string of the molecule is CC(=O)N1N=C(c2cccc(NC(=O)c3ccc(C)cc3)c2)O[C@@H]1c1ccccn1. The standard InChI is InChI=1S/C23H20N4O3/c1-15-9-11-17(12-10-15)21(29)25-19-7-5-6-18(14-19)22-26-27(16(2)28)23(30-22)20-8-3-4-13-24-20/h3-14,23H,1-2H3,(H,25,29)/t23-/m1/s1. The molecule has 1 aliphatic rings. The molecule has 1 atom stereocenters. The summed E-state index contributed by atoms with van der Waals surface area (Å²) in [4.78, 5) is 28.8. The third-order valence-electron chi connectivity index (χ3n) is 4.59. The fourth-order valence-corrected chi connectivity index (χ4v) is 3.04. The number of carbonyl (C=O) groups is 2. The Morgan fingerprint density at radius 3 is 2.53 bits per heavy atom. The van der Waals surface area contributed by atoms with Gasteiger partial charge in [-0.25, -0.2) is 0 Å². The highest BCUT2D eigenvalue weighted by Crippen LogP contribution is 2.29. The van der Waals surface area contributed by atoms with Crippen LogP contribution in [0.5, 0.6) is 0 Å². The molecular formula is C23H20N4O3. The Morgan fingerprint density at radius 2 is 1.83 bits per heavy atom. The molecule has 0 bridgehead atoms. The molecule has 0 aliphatic carbocycles. The van der Waals surface area contributed by atoms with Gasteiger partial charge >= 0.3 is 0 Å². The number of rotatable bonds is 4. The number of aromatic nitrogens is 1. The average Bonchev–Trinajstić information content (AvgIpc) is 3.21.